The summed E-state index contributed by atoms with van der Waals surface area (Å²) < 4.78 is 4.85. The van der Waals surface area contributed by atoms with Gasteiger partial charge in [-0.1, -0.05) is 23.7 Å². The Bertz CT molecular complexity index is 670. The number of allylic oxidation sites excluding steroid dienone is 1. The molecule has 0 aromatic heterocycles. The number of ether oxygens (including phenoxy) is 1. The highest BCUT2D eigenvalue weighted by molar-refractivity contribution is 7.80. The average Bonchev–Trinajstić information content (AvgIpc) is 2.46. The Kier molecular flexibility index (Phi) is 4.83. The zero-order valence-electron chi connectivity index (χ0n) is 12.3. The topological polar surface area (TPSA) is 58.6 Å². The normalized spacial score (nSPS) is 18.1. The van der Waals surface area contributed by atoms with E-state index in [-0.39, 0.29) is 11.0 Å². The summed E-state index contributed by atoms with van der Waals surface area (Å²) in [4.78, 5) is 25.6. The van der Waals surface area contributed by atoms with Crippen LogP contribution < -0.4 is 5.32 Å². The van der Waals surface area contributed by atoms with E-state index in [1.165, 1.54) is 18.9 Å². The Balaban J connectivity index is 2.64. The van der Waals surface area contributed by atoms with Crippen LogP contribution in [0.2, 0.25) is 5.02 Å². The summed E-state index contributed by atoms with van der Waals surface area (Å²) in [6, 6.07) is 6.27. The largest absolute Gasteiger partial charge is 0.466 e. The van der Waals surface area contributed by atoms with Crippen molar-refractivity contribution in [2.45, 2.75) is 19.9 Å². The van der Waals surface area contributed by atoms with Crippen LogP contribution in [0, 0.1) is 0 Å². The highest BCUT2D eigenvalue weighted by Gasteiger charge is 2.38. The minimum absolute atomic E-state index is 0.248. The van der Waals surface area contributed by atoms with Gasteiger partial charge in [-0.15, -0.1) is 0 Å². The zero-order valence-corrected chi connectivity index (χ0v) is 13.9. The molecule has 1 aliphatic rings. The monoisotopic (exact) mass is 338 g/mol. The molecule has 0 saturated heterocycles. The number of halogens is 1. The van der Waals surface area contributed by atoms with Crippen molar-refractivity contribution in [3.8, 4) is 0 Å². The lowest BCUT2D eigenvalue weighted by Gasteiger charge is -2.37. The van der Waals surface area contributed by atoms with E-state index in [1.54, 1.807) is 31.2 Å². The van der Waals surface area contributed by atoms with Crippen molar-refractivity contribution in [3.63, 3.8) is 0 Å². The Labute approximate surface area is 138 Å². The highest BCUT2D eigenvalue weighted by Crippen LogP contribution is 2.34. The lowest BCUT2D eigenvalue weighted by Crippen LogP contribution is -2.50. The van der Waals surface area contributed by atoms with Gasteiger partial charge in [0.25, 0.3) is 0 Å². The molecule has 2 rings (SSSR count). The van der Waals surface area contributed by atoms with E-state index >= 15 is 0 Å². The number of rotatable bonds is 2. The first kappa shape index (κ1) is 16.5. The Morgan fingerprint density at radius 3 is 2.41 bits per heavy atom. The van der Waals surface area contributed by atoms with Crippen LogP contribution in [-0.2, 0) is 14.3 Å². The molecule has 0 fully saturated rings. The second-order valence-corrected chi connectivity index (χ2v) is 5.63. The minimum atomic E-state index is -0.643. The predicted molar refractivity (Wildman–Crippen MR) is 87.2 cm³/mol. The summed E-state index contributed by atoms with van der Waals surface area (Å²) in [6.45, 7) is 3.12. The van der Waals surface area contributed by atoms with Gasteiger partial charge in [0.1, 0.15) is 0 Å². The van der Waals surface area contributed by atoms with Crippen LogP contribution in [0.15, 0.2) is 35.5 Å². The summed E-state index contributed by atoms with van der Waals surface area (Å²) in [5.41, 5.74) is 1.63. The van der Waals surface area contributed by atoms with Gasteiger partial charge in [0, 0.05) is 17.6 Å². The molecule has 7 heteroatoms. The fourth-order valence-corrected chi connectivity index (χ4v) is 2.91. The molecule has 1 atom stereocenters. The van der Waals surface area contributed by atoms with Crippen molar-refractivity contribution in [2.24, 2.45) is 0 Å². The molecule has 0 unspecified atom stereocenters. The van der Waals surface area contributed by atoms with Crippen molar-refractivity contribution in [1.29, 1.82) is 0 Å². The molecule has 0 radical (unpaired) electrons. The van der Waals surface area contributed by atoms with Gasteiger partial charge in [0.2, 0.25) is 5.91 Å². The van der Waals surface area contributed by atoms with Crippen molar-refractivity contribution < 1.29 is 14.3 Å². The molecule has 1 aromatic carbocycles. The van der Waals surface area contributed by atoms with Crippen LogP contribution in [-0.4, -0.2) is 29.0 Å². The quantitative estimate of drug-likeness (QED) is 0.663. The van der Waals surface area contributed by atoms with Gasteiger partial charge in [-0.2, -0.15) is 0 Å². The molecule has 1 aliphatic heterocycles. The maximum atomic E-state index is 12.2. The summed E-state index contributed by atoms with van der Waals surface area (Å²) in [6.07, 6.45) is 0. The summed E-state index contributed by atoms with van der Waals surface area (Å²) in [5, 5.41) is 3.69. The number of hydrogen-bond acceptors (Lipinski definition) is 4. The van der Waals surface area contributed by atoms with Gasteiger partial charge in [-0.25, -0.2) is 4.79 Å². The number of esters is 1. The second kappa shape index (κ2) is 6.46. The van der Waals surface area contributed by atoms with Crippen LogP contribution in [0.1, 0.15) is 25.5 Å². The van der Waals surface area contributed by atoms with Crippen LogP contribution in [0.5, 0.6) is 0 Å². The van der Waals surface area contributed by atoms with Crippen LogP contribution in [0.3, 0.4) is 0 Å². The molecular formula is C15H15ClN2O3S. The number of carbonyl (C=O) groups excluding carboxylic acids is 2. The lowest BCUT2D eigenvalue weighted by molar-refractivity contribution is -0.137. The lowest BCUT2D eigenvalue weighted by atomic mass is 9.94. The van der Waals surface area contributed by atoms with E-state index < -0.39 is 12.0 Å². The molecule has 0 aliphatic carbocycles. The molecule has 1 heterocycles. The maximum absolute atomic E-state index is 12.2. The average molecular weight is 339 g/mol. The summed E-state index contributed by atoms with van der Waals surface area (Å²) in [7, 11) is 1.30. The first-order chi connectivity index (χ1) is 10.4. The zero-order chi connectivity index (χ0) is 16.4. The standard InChI is InChI=1S/C15H15ClN2O3S/c1-8-12(14(20)21-3)13(10-4-6-11(16)7-5-10)18(9(2)19)15(22)17-8/h4-7,13H,1-3H3,(H,17,22)/t13-/m0/s1. The fourth-order valence-electron chi connectivity index (χ4n) is 2.40. The third-order valence-electron chi connectivity index (χ3n) is 3.38. The Morgan fingerprint density at radius 2 is 1.91 bits per heavy atom. The Morgan fingerprint density at radius 1 is 1.32 bits per heavy atom. The molecule has 22 heavy (non-hydrogen) atoms. The predicted octanol–water partition coefficient (Wildman–Crippen LogP) is 2.56. The molecule has 0 bridgehead atoms. The van der Waals surface area contributed by atoms with Crippen molar-refractivity contribution in [2.75, 3.05) is 7.11 Å². The first-order valence-corrected chi connectivity index (χ1v) is 7.30. The molecule has 116 valence electrons. The Hall–Kier alpha value is -1.92. The van der Waals surface area contributed by atoms with Crippen molar-refractivity contribution >= 4 is 40.8 Å². The number of carbonyl (C=O) groups is 2. The summed E-state index contributed by atoms with van der Waals surface area (Å²) >= 11 is 11.2. The number of methoxy groups -OCH3 is 1. The molecular weight excluding hydrogens is 324 g/mol. The number of benzene rings is 1. The van der Waals surface area contributed by atoms with E-state index in [9.17, 15) is 9.59 Å². The summed E-state index contributed by atoms with van der Waals surface area (Å²) in [5.74, 6) is -0.787. The van der Waals surface area contributed by atoms with Gasteiger partial charge in [-0.3, -0.25) is 9.69 Å². The highest BCUT2D eigenvalue weighted by atomic mass is 35.5. The molecule has 1 aromatic rings. The van der Waals surface area contributed by atoms with Gasteiger partial charge < -0.3 is 10.1 Å². The van der Waals surface area contributed by atoms with E-state index in [0.29, 0.717) is 16.3 Å². The van der Waals surface area contributed by atoms with Gasteiger partial charge in [-0.05, 0) is 36.8 Å². The molecule has 1 N–H and O–H groups in total. The van der Waals surface area contributed by atoms with Crippen LogP contribution >= 0.6 is 23.8 Å². The molecule has 0 saturated carbocycles. The number of nitrogens with one attached hydrogen (secondary N) is 1. The fraction of sp³-hybridized carbons (Fsp3) is 0.267. The number of nitrogens with zero attached hydrogens (tertiary/aromatic N) is 1. The molecule has 1 amide bonds. The molecule has 0 spiro atoms. The van der Waals surface area contributed by atoms with E-state index in [0.717, 1.165) is 5.56 Å². The third-order valence-corrected chi connectivity index (χ3v) is 3.93. The van der Waals surface area contributed by atoms with E-state index in [2.05, 4.69) is 5.32 Å². The van der Waals surface area contributed by atoms with E-state index in [4.69, 9.17) is 28.6 Å². The van der Waals surface area contributed by atoms with Gasteiger partial charge >= 0.3 is 5.97 Å². The van der Waals surface area contributed by atoms with E-state index in [1.807, 2.05) is 0 Å². The van der Waals surface area contributed by atoms with Crippen molar-refractivity contribution in [1.82, 2.24) is 10.2 Å². The van der Waals surface area contributed by atoms with Gasteiger partial charge in [0.15, 0.2) is 5.11 Å². The second-order valence-electron chi connectivity index (χ2n) is 4.80. The maximum Gasteiger partial charge on any atom is 0.337 e. The van der Waals surface area contributed by atoms with Gasteiger partial charge in [0.05, 0.1) is 18.7 Å². The SMILES string of the molecule is COC(=O)C1=C(C)NC(=S)N(C(C)=O)[C@H]1c1ccc(Cl)cc1. The number of thiocarbonyl (C=S) groups is 1. The van der Waals surface area contributed by atoms with Crippen LogP contribution in [0.4, 0.5) is 0 Å². The number of amides is 1. The smallest absolute Gasteiger partial charge is 0.337 e. The third kappa shape index (κ3) is 2.98. The number of hydrogen-bond donors (Lipinski definition) is 1. The minimum Gasteiger partial charge on any atom is -0.466 e. The first-order valence-electron chi connectivity index (χ1n) is 6.52. The van der Waals surface area contributed by atoms with Crippen LogP contribution in [0.25, 0.3) is 0 Å². The van der Waals surface area contributed by atoms with Crippen molar-refractivity contribution in [3.05, 3.63) is 46.1 Å². The molecule has 5 nitrogen and oxygen atoms in total.